The van der Waals surface area contributed by atoms with Gasteiger partial charge in [0, 0.05) is 18.4 Å². The Morgan fingerprint density at radius 1 is 0.889 bits per heavy atom. The zero-order chi connectivity index (χ0) is 18.8. The minimum Gasteiger partial charge on any atom is -0.490 e. The van der Waals surface area contributed by atoms with Crippen LogP contribution in [0, 0.1) is 20.8 Å². The molecule has 4 rings (SSSR count). The van der Waals surface area contributed by atoms with Crippen LogP contribution in [0.4, 0.5) is 0 Å². The molecule has 0 saturated carbocycles. The maximum absolute atomic E-state index is 6.00. The minimum absolute atomic E-state index is 0.215. The molecule has 7 nitrogen and oxygen atoms in total. The largest absolute Gasteiger partial charge is 0.490 e. The zero-order valence-corrected chi connectivity index (χ0v) is 15.7. The lowest BCUT2D eigenvalue weighted by Crippen LogP contribution is -2.25. The third-order valence-corrected chi connectivity index (χ3v) is 4.69. The van der Waals surface area contributed by atoms with Crippen LogP contribution in [0.3, 0.4) is 0 Å². The second-order valence-corrected chi connectivity index (χ2v) is 6.71. The van der Waals surface area contributed by atoms with Crippen molar-refractivity contribution in [3.05, 3.63) is 41.3 Å². The Morgan fingerprint density at radius 2 is 1.59 bits per heavy atom. The summed E-state index contributed by atoms with van der Waals surface area (Å²) in [5.74, 6) is 1.73. The molecule has 0 aliphatic carbocycles. The molecule has 0 N–H and O–H groups in total. The van der Waals surface area contributed by atoms with Gasteiger partial charge in [0.15, 0.2) is 0 Å². The first-order valence-electron chi connectivity index (χ1n) is 9.11. The van der Waals surface area contributed by atoms with Crippen molar-refractivity contribution in [3.63, 3.8) is 0 Å². The molecule has 1 fully saturated rings. The Morgan fingerprint density at radius 3 is 2.33 bits per heavy atom. The molecule has 3 heterocycles. The Labute approximate surface area is 157 Å². The summed E-state index contributed by atoms with van der Waals surface area (Å²) in [4.78, 5) is 13.5. The van der Waals surface area contributed by atoms with Crippen molar-refractivity contribution in [1.29, 1.82) is 0 Å². The van der Waals surface area contributed by atoms with E-state index in [1.165, 1.54) is 0 Å². The maximum Gasteiger partial charge on any atom is 0.278 e. The zero-order valence-electron chi connectivity index (χ0n) is 15.7. The van der Waals surface area contributed by atoms with Crippen molar-refractivity contribution in [2.24, 2.45) is 0 Å². The molecule has 3 aromatic rings. The van der Waals surface area contributed by atoms with Gasteiger partial charge in [-0.05, 0) is 45.0 Å². The predicted octanol–water partition coefficient (Wildman–Crippen LogP) is 3.68. The Hall–Kier alpha value is -2.80. The molecule has 0 unspecified atom stereocenters. The lowest BCUT2D eigenvalue weighted by atomic mass is 10.1. The lowest BCUT2D eigenvalue weighted by molar-refractivity contribution is 0.0256. The van der Waals surface area contributed by atoms with Gasteiger partial charge in [-0.3, -0.25) is 4.98 Å². The van der Waals surface area contributed by atoms with E-state index in [9.17, 15) is 0 Å². The van der Waals surface area contributed by atoms with Crippen LogP contribution in [0.2, 0.25) is 0 Å². The maximum atomic E-state index is 6.00. The quantitative estimate of drug-likeness (QED) is 0.696. The van der Waals surface area contributed by atoms with Crippen LogP contribution in [-0.2, 0) is 4.74 Å². The predicted molar refractivity (Wildman–Crippen MR) is 99.4 cm³/mol. The van der Waals surface area contributed by atoms with E-state index in [2.05, 4.69) is 20.1 Å². The molecular formula is C20H22N4O3. The second kappa shape index (κ2) is 7.44. The van der Waals surface area contributed by atoms with Crippen LogP contribution >= 0.6 is 0 Å². The summed E-state index contributed by atoms with van der Waals surface area (Å²) < 4.78 is 16.8. The molecule has 0 radical (unpaired) electrons. The summed E-state index contributed by atoms with van der Waals surface area (Å²) in [7, 11) is 0. The van der Waals surface area contributed by atoms with Gasteiger partial charge in [0.05, 0.1) is 30.3 Å². The normalized spacial score (nSPS) is 15.1. The van der Waals surface area contributed by atoms with E-state index >= 15 is 0 Å². The van der Waals surface area contributed by atoms with Crippen LogP contribution in [0.5, 0.6) is 5.75 Å². The average molecular weight is 366 g/mol. The van der Waals surface area contributed by atoms with Gasteiger partial charge in [0.1, 0.15) is 17.5 Å². The fourth-order valence-electron chi connectivity index (χ4n) is 3.02. The highest BCUT2D eigenvalue weighted by Gasteiger charge is 2.17. The van der Waals surface area contributed by atoms with Crippen LogP contribution in [-0.4, -0.2) is 39.4 Å². The fraction of sp³-hybridized carbons (Fsp3) is 0.400. The summed E-state index contributed by atoms with van der Waals surface area (Å²) in [6, 6.07) is 7.73. The van der Waals surface area contributed by atoms with Gasteiger partial charge in [-0.15, -0.1) is 0 Å². The smallest absolute Gasteiger partial charge is 0.278 e. The van der Waals surface area contributed by atoms with E-state index in [0.717, 1.165) is 54.5 Å². The second-order valence-electron chi connectivity index (χ2n) is 6.71. The van der Waals surface area contributed by atoms with Crippen LogP contribution in [0.15, 0.2) is 28.8 Å². The van der Waals surface area contributed by atoms with E-state index in [-0.39, 0.29) is 6.10 Å². The summed E-state index contributed by atoms with van der Waals surface area (Å²) in [6.45, 7) is 7.26. The molecule has 1 saturated heterocycles. The van der Waals surface area contributed by atoms with E-state index in [1.807, 2.05) is 45.0 Å². The molecule has 140 valence electrons. The molecule has 0 amide bonds. The van der Waals surface area contributed by atoms with Crippen molar-refractivity contribution >= 4 is 0 Å². The number of aryl methyl sites for hydroxylation is 3. The minimum atomic E-state index is 0.215. The number of ether oxygens (including phenoxy) is 2. The summed E-state index contributed by atoms with van der Waals surface area (Å²) >= 11 is 0. The molecule has 1 aromatic carbocycles. The number of benzene rings is 1. The van der Waals surface area contributed by atoms with Crippen molar-refractivity contribution < 1.29 is 14.0 Å². The van der Waals surface area contributed by atoms with Gasteiger partial charge in [-0.2, -0.15) is 4.98 Å². The molecule has 0 spiro atoms. The SMILES string of the molecule is Cc1nc(C)c(-c2nc(-c3ccc(OC4CCOCC4)cc3)no2)nc1C. The molecular weight excluding hydrogens is 344 g/mol. The number of aromatic nitrogens is 4. The van der Waals surface area contributed by atoms with E-state index < -0.39 is 0 Å². The molecule has 2 aromatic heterocycles. The number of hydrogen-bond donors (Lipinski definition) is 0. The average Bonchev–Trinajstić information content (AvgIpc) is 3.16. The van der Waals surface area contributed by atoms with Crippen molar-refractivity contribution in [2.75, 3.05) is 13.2 Å². The Bertz CT molecular complexity index is 931. The third-order valence-electron chi connectivity index (χ3n) is 4.69. The highest BCUT2D eigenvalue weighted by molar-refractivity contribution is 5.59. The number of nitrogens with zero attached hydrogens (tertiary/aromatic N) is 4. The van der Waals surface area contributed by atoms with Gasteiger partial charge < -0.3 is 14.0 Å². The van der Waals surface area contributed by atoms with Gasteiger partial charge in [-0.25, -0.2) is 4.98 Å². The van der Waals surface area contributed by atoms with Crippen LogP contribution < -0.4 is 4.74 Å². The van der Waals surface area contributed by atoms with Gasteiger partial charge in [0.2, 0.25) is 5.82 Å². The number of rotatable bonds is 4. The molecule has 0 bridgehead atoms. The van der Waals surface area contributed by atoms with Crippen molar-refractivity contribution in [1.82, 2.24) is 20.1 Å². The molecule has 1 aliphatic rings. The highest BCUT2D eigenvalue weighted by atomic mass is 16.5. The van der Waals surface area contributed by atoms with E-state index in [0.29, 0.717) is 17.4 Å². The van der Waals surface area contributed by atoms with Crippen LogP contribution in [0.1, 0.15) is 29.9 Å². The Kier molecular flexibility index (Phi) is 4.85. The Balaban J connectivity index is 1.52. The first-order valence-corrected chi connectivity index (χ1v) is 9.11. The molecule has 7 heteroatoms. The summed E-state index contributed by atoms with van der Waals surface area (Å²) in [6.07, 6.45) is 2.06. The molecule has 1 aliphatic heterocycles. The van der Waals surface area contributed by atoms with Crippen molar-refractivity contribution in [2.45, 2.75) is 39.7 Å². The highest BCUT2D eigenvalue weighted by Crippen LogP contribution is 2.26. The van der Waals surface area contributed by atoms with E-state index in [4.69, 9.17) is 14.0 Å². The molecule has 0 atom stereocenters. The topological polar surface area (TPSA) is 83.2 Å². The van der Waals surface area contributed by atoms with E-state index in [1.54, 1.807) is 0 Å². The fourth-order valence-corrected chi connectivity index (χ4v) is 3.02. The first kappa shape index (κ1) is 17.6. The summed E-state index contributed by atoms with van der Waals surface area (Å²) in [5.41, 5.74) is 4.00. The van der Waals surface area contributed by atoms with Gasteiger partial charge in [0.25, 0.3) is 5.89 Å². The third kappa shape index (κ3) is 3.83. The number of hydrogen-bond acceptors (Lipinski definition) is 7. The van der Waals surface area contributed by atoms with Crippen LogP contribution in [0.25, 0.3) is 23.0 Å². The first-order chi connectivity index (χ1) is 13.1. The summed E-state index contributed by atoms with van der Waals surface area (Å²) in [5, 5.41) is 4.09. The lowest BCUT2D eigenvalue weighted by Gasteiger charge is -2.23. The standard InChI is InChI=1S/C20H22N4O3/c1-12-13(2)22-18(14(3)21-12)20-23-19(24-27-20)15-4-6-16(7-5-15)26-17-8-10-25-11-9-17/h4-7,17H,8-11H2,1-3H3. The van der Waals surface area contributed by atoms with Crippen molar-refractivity contribution in [3.8, 4) is 28.7 Å². The van der Waals surface area contributed by atoms with Gasteiger partial charge in [-0.1, -0.05) is 5.16 Å². The molecule has 27 heavy (non-hydrogen) atoms. The van der Waals surface area contributed by atoms with Gasteiger partial charge >= 0.3 is 0 Å². The monoisotopic (exact) mass is 366 g/mol.